The first-order valence-electron chi connectivity index (χ1n) is 5.19. The van der Waals surface area contributed by atoms with E-state index in [1.54, 1.807) is 6.92 Å². The van der Waals surface area contributed by atoms with Gasteiger partial charge >= 0.3 is 5.97 Å². The summed E-state index contributed by atoms with van der Waals surface area (Å²) < 4.78 is 4.86. The molecule has 0 amide bonds. The van der Waals surface area contributed by atoms with E-state index in [-0.39, 0.29) is 5.97 Å². The molecule has 0 aromatic heterocycles. The molecular weight excluding hydrogens is 202 g/mol. The Bertz CT molecular complexity index is 398. The van der Waals surface area contributed by atoms with Crippen LogP contribution >= 0.6 is 0 Å². The Hall–Kier alpha value is -1.79. The van der Waals surface area contributed by atoms with Gasteiger partial charge in [-0.25, -0.2) is 0 Å². The normalized spacial score (nSPS) is 9.12. The Morgan fingerprint density at radius 1 is 1.38 bits per heavy atom. The van der Waals surface area contributed by atoms with Gasteiger partial charge in [0, 0.05) is 5.56 Å². The summed E-state index contributed by atoms with van der Waals surface area (Å²) in [5, 5.41) is 0. The van der Waals surface area contributed by atoms with Crippen LogP contribution in [-0.2, 0) is 16.0 Å². The van der Waals surface area contributed by atoms with Gasteiger partial charge in [-0.3, -0.25) is 4.79 Å². The average molecular weight is 217 g/mol. The van der Waals surface area contributed by atoms with Crippen molar-refractivity contribution in [2.75, 3.05) is 13.2 Å². The fourth-order valence-electron chi connectivity index (χ4n) is 1.24. The van der Waals surface area contributed by atoms with Gasteiger partial charge in [0.25, 0.3) is 0 Å². The summed E-state index contributed by atoms with van der Waals surface area (Å²) in [6, 6.07) is 7.49. The highest BCUT2D eigenvalue weighted by Gasteiger charge is 2.02. The number of rotatable bonds is 3. The van der Waals surface area contributed by atoms with Crippen molar-refractivity contribution >= 4 is 5.97 Å². The van der Waals surface area contributed by atoms with Crippen LogP contribution in [0.5, 0.6) is 0 Å². The molecule has 0 aliphatic carbocycles. The Labute approximate surface area is 95.6 Å². The Morgan fingerprint density at radius 3 is 2.62 bits per heavy atom. The molecule has 1 rings (SSSR count). The maximum Gasteiger partial charge on any atom is 0.310 e. The van der Waals surface area contributed by atoms with Crippen LogP contribution in [0.2, 0.25) is 0 Å². The van der Waals surface area contributed by atoms with E-state index in [0.717, 1.165) is 11.1 Å². The second-order valence-electron chi connectivity index (χ2n) is 3.18. The van der Waals surface area contributed by atoms with Crippen molar-refractivity contribution in [2.45, 2.75) is 13.3 Å². The fraction of sp³-hybridized carbons (Fsp3) is 0.308. The van der Waals surface area contributed by atoms with E-state index < -0.39 is 0 Å². The van der Waals surface area contributed by atoms with Gasteiger partial charge in [-0.15, -0.1) is 0 Å². The lowest BCUT2D eigenvalue weighted by Gasteiger charge is -2.01. The SMILES string of the molecule is CCOC(=O)Cc1ccc(C#CCN)cc1. The van der Waals surface area contributed by atoms with E-state index in [9.17, 15) is 4.79 Å². The molecule has 16 heavy (non-hydrogen) atoms. The summed E-state index contributed by atoms with van der Waals surface area (Å²) in [5.41, 5.74) is 7.10. The molecule has 0 radical (unpaired) electrons. The third kappa shape index (κ3) is 4.16. The zero-order valence-corrected chi connectivity index (χ0v) is 9.32. The zero-order valence-electron chi connectivity index (χ0n) is 9.32. The summed E-state index contributed by atoms with van der Waals surface area (Å²) in [6.45, 7) is 2.56. The van der Waals surface area contributed by atoms with E-state index >= 15 is 0 Å². The molecule has 3 heteroatoms. The lowest BCUT2D eigenvalue weighted by molar-refractivity contribution is -0.142. The van der Waals surface area contributed by atoms with Crippen LogP contribution in [0.25, 0.3) is 0 Å². The molecular formula is C13H15NO2. The minimum Gasteiger partial charge on any atom is -0.466 e. The van der Waals surface area contributed by atoms with Gasteiger partial charge in [0.05, 0.1) is 19.6 Å². The lowest BCUT2D eigenvalue weighted by Crippen LogP contribution is -2.07. The monoisotopic (exact) mass is 217 g/mol. The second kappa shape index (κ2) is 6.65. The first-order chi connectivity index (χ1) is 7.76. The molecule has 84 valence electrons. The van der Waals surface area contributed by atoms with Crippen LogP contribution in [0.4, 0.5) is 0 Å². The number of ether oxygens (including phenoxy) is 1. The fourth-order valence-corrected chi connectivity index (χ4v) is 1.24. The third-order valence-electron chi connectivity index (χ3n) is 1.94. The number of esters is 1. The number of nitrogens with two attached hydrogens (primary N) is 1. The highest BCUT2D eigenvalue weighted by molar-refractivity contribution is 5.72. The molecule has 0 atom stereocenters. The summed E-state index contributed by atoms with van der Waals surface area (Å²) in [6.07, 6.45) is 0.304. The van der Waals surface area contributed by atoms with Crippen LogP contribution in [0, 0.1) is 11.8 Å². The van der Waals surface area contributed by atoms with Gasteiger partial charge in [0.15, 0.2) is 0 Å². The molecule has 2 N–H and O–H groups in total. The van der Waals surface area contributed by atoms with Crippen molar-refractivity contribution in [3.8, 4) is 11.8 Å². The quantitative estimate of drug-likeness (QED) is 0.609. The molecule has 0 saturated carbocycles. The van der Waals surface area contributed by atoms with Crippen molar-refractivity contribution in [3.63, 3.8) is 0 Å². The highest BCUT2D eigenvalue weighted by atomic mass is 16.5. The van der Waals surface area contributed by atoms with Crippen molar-refractivity contribution < 1.29 is 9.53 Å². The van der Waals surface area contributed by atoms with Gasteiger partial charge in [-0.2, -0.15) is 0 Å². The highest BCUT2D eigenvalue weighted by Crippen LogP contribution is 2.04. The predicted octanol–water partition coefficient (Wildman–Crippen LogP) is 1.10. The van der Waals surface area contributed by atoms with E-state index in [1.807, 2.05) is 24.3 Å². The summed E-state index contributed by atoms with van der Waals surface area (Å²) >= 11 is 0. The van der Waals surface area contributed by atoms with Gasteiger partial charge < -0.3 is 10.5 Å². The maximum absolute atomic E-state index is 11.2. The van der Waals surface area contributed by atoms with Crippen LogP contribution in [0.15, 0.2) is 24.3 Å². The van der Waals surface area contributed by atoms with Gasteiger partial charge in [0.1, 0.15) is 0 Å². The number of carbonyl (C=O) groups excluding carboxylic acids is 1. The molecule has 1 aromatic rings. The van der Waals surface area contributed by atoms with E-state index in [1.165, 1.54) is 0 Å². The number of benzene rings is 1. The van der Waals surface area contributed by atoms with E-state index in [4.69, 9.17) is 10.5 Å². The number of hydrogen-bond donors (Lipinski definition) is 1. The van der Waals surface area contributed by atoms with Gasteiger partial charge in [-0.05, 0) is 24.6 Å². The number of hydrogen-bond acceptors (Lipinski definition) is 3. The molecule has 0 aliphatic rings. The Morgan fingerprint density at radius 2 is 2.06 bits per heavy atom. The topological polar surface area (TPSA) is 52.3 Å². The molecule has 0 unspecified atom stereocenters. The first-order valence-corrected chi connectivity index (χ1v) is 5.19. The second-order valence-corrected chi connectivity index (χ2v) is 3.18. The molecule has 0 heterocycles. The largest absolute Gasteiger partial charge is 0.466 e. The van der Waals surface area contributed by atoms with Crippen LogP contribution in [-0.4, -0.2) is 19.1 Å². The number of carbonyl (C=O) groups is 1. The first kappa shape index (κ1) is 12.3. The van der Waals surface area contributed by atoms with Crippen molar-refractivity contribution in [2.24, 2.45) is 5.73 Å². The van der Waals surface area contributed by atoms with Gasteiger partial charge in [-0.1, -0.05) is 24.0 Å². The smallest absolute Gasteiger partial charge is 0.310 e. The lowest BCUT2D eigenvalue weighted by atomic mass is 10.1. The third-order valence-corrected chi connectivity index (χ3v) is 1.94. The summed E-state index contributed by atoms with van der Waals surface area (Å²) in [4.78, 5) is 11.2. The Balaban J connectivity index is 2.61. The predicted molar refractivity (Wildman–Crippen MR) is 62.7 cm³/mol. The molecule has 0 spiro atoms. The molecule has 0 aliphatic heterocycles. The Kier molecular flexibility index (Phi) is 5.10. The standard InChI is InChI=1S/C13H15NO2/c1-2-16-13(15)10-12-7-5-11(6-8-12)4-3-9-14/h5-8H,2,9-10,14H2,1H3. The van der Waals surface area contributed by atoms with Crippen LogP contribution < -0.4 is 5.73 Å². The van der Waals surface area contributed by atoms with Crippen molar-refractivity contribution in [1.82, 2.24) is 0 Å². The summed E-state index contributed by atoms with van der Waals surface area (Å²) in [7, 11) is 0. The van der Waals surface area contributed by atoms with Gasteiger partial charge in [0.2, 0.25) is 0 Å². The molecule has 0 fully saturated rings. The summed E-state index contributed by atoms with van der Waals surface area (Å²) in [5.74, 6) is 5.48. The van der Waals surface area contributed by atoms with Crippen molar-refractivity contribution in [1.29, 1.82) is 0 Å². The average Bonchev–Trinajstić information content (AvgIpc) is 2.28. The molecule has 1 aromatic carbocycles. The molecule has 3 nitrogen and oxygen atoms in total. The minimum atomic E-state index is -0.205. The van der Waals surface area contributed by atoms with E-state index in [2.05, 4.69) is 11.8 Å². The van der Waals surface area contributed by atoms with Crippen molar-refractivity contribution in [3.05, 3.63) is 35.4 Å². The molecule has 0 saturated heterocycles. The van der Waals surface area contributed by atoms with Crippen LogP contribution in [0.3, 0.4) is 0 Å². The van der Waals surface area contributed by atoms with Crippen LogP contribution in [0.1, 0.15) is 18.1 Å². The maximum atomic E-state index is 11.2. The molecule has 0 bridgehead atoms. The zero-order chi connectivity index (χ0) is 11.8. The minimum absolute atomic E-state index is 0.205. The van der Waals surface area contributed by atoms with E-state index in [0.29, 0.717) is 19.6 Å².